The molecule has 0 aliphatic rings. The lowest BCUT2D eigenvalue weighted by molar-refractivity contribution is -0.139. The van der Waals surface area contributed by atoms with Crippen molar-refractivity contribution in [3.05, 3.63) is 28.0 Å². The van der Waals surface area contributed by atoms with Crippen molar-refractivity contribution in [2.24, 2.45) is 0 Å². The predicted octanol–water partition coefficient (Wildman–Crippen LogP) is 1.90. The van der Waals surface area contributed by atoms with E-state index in [1.165, 1.54) is 12.3 Å². The van der Waals surface area contributed by atoms with Crippen LogP contribution in [0.2, 0.25) is 10.2 Å². The van der Waals surface area contributed by atoms with Gasteiger partial charge in [0.25, 0.3) is 0 Å². The Hall–Kier alpha value is -0.840. The smallest absolute Gasteiger partial charge is 0.306 e. The molecular weight excluding hydrogens is 229 g/mol. The first-order valence-electron chi connectivity index (χ1n) is 3.71. The zero-order valence-electron chi connectivity index (χ0n) is 6.94. The van der Waals surface area contributed by atoms with Crippen molar-refractivity contribution in [1.82, 2.24) is 4.98 Å². The second kappa shape index (κ2) is 4.59. The summed E-state index contributed by atoms with van der Waals surface area (Å²) in [6.07, 6.45) is -0.314. The van der Waals surface area contributed by atoms with E-state index >= 15 is 0 Å². The van der Waals surface area contributed by atoms with E-state index in [1.54, 1.807) is 0 Å². The van der Waals surface area contributed by atoms with E-state index in [1.807, 2.05) is 0 Å². The second-order valence-corrected chi connectivity index (χ2v) is 3.44. The molecule has 14 heavy (non-hydrogen) atoms. The highest BCUT2D eigenvalue weighted by Gasteiger charge is 2.15. The fourth-order valence-corrected chi connectivity index (χ4v) is 1.43. The molecule has 0 radical (unpaired) electrons. The SMILES string of the molecule is O=C(O)CC(O)c1cnc(Cl)cc1Cl. The summed E-state index contributed by atoms with van der Waals surface area (Å²) in [6, 6.07) is 1.35. The molecule has 0 aliphatic heterocycles. The van der Waals surface area contributed by atoms with E-state index in [0.29, 0.717) is 0 Å². The van der Waals surface area contributed by atoms with Crippen molar-refractivity contribution in [2.45, 2.75) is 12.5 Å². The fourth-order valence-electron chi connectivity index (χ4n) is 0.939. The summed E-state index contributed by atoms with van der Waals surface area (Å²) in [5, 5.41) is 18.3. The molecule has 1 aromatic heterocycles. The molecule has 1 atom stereocenters. The van der Waals surface area contributed by atoms with E-state index < -0.39 is 18.5 Å². The van der Waals surface area contributed by atoms with Crippen LogP contribution in [0.25, 0.3) is 0 Å². The lowest BCUT2D eigenvalue weighted by Crippen LogP contribution is -2.06. The molecule has 0 saturated heterocycles. The highest BCUT2D eigenvalue weighted by Crippen LogP contribution is 2.26. The largest absolute Gasteiger partial charge is 0.481 e. The highest BCUT2D eigenvalue weighted by atomic mass is 35.5. The number of pyridine rings is 1. The number of carboxylic acids is 1. The van der Waals surface area contributed by atoms with Crippen LogP contribution < -0.4 is 0 Å². The van der Waals surface area contributed by atoms with Gasteiger partial charge in [0.1, 0.15) is 5.15 Å². The Morgan fingerprint density at radius 2 is 2.21 bits per heavy atom. The number of halogens is 2. The summed E-state index contributed by atoms with van der Waals surface area (Å²) in [5.74, 6) is -1.11. The van der Waals surface area contributed by atoms with Crippen molar-refractivity contribution < 1.29 is 15.0 Å². The molecule has 1 heterocycles. The molecule has 0 amide bonds. The Kier molecular flexibility index (Phi) is 3.69. The number of carboxylic acid groups (broad SMARTS) is 1. The van der Waals surface area contributed by atoms with Crippen LogP contribution in [0.4, 0.5) is 0 Å². The lowest BCUT2D eigenvalue weighted by atomic mass is 10.1. The molecule has 0 bridgehead atoms. The van der Waals surface area contributed by atoms with Gasteiger partial charge in [-0.3, -0.25) is 4.79 Å². The number of nitrogens with zero attached hydrogens (tertiary/aromatic N) is 1. The van der Waals surface area contributed by atoms with Gasteiger partial charge in [-0.15, -0.1) is 0 Å². The summed E-state index contributed by atoms with van der Waals surface area (Å²) in [4.78, 5) is 14.0. The molecule has 1 aromatic rings. The molecule has 2 N–H and O–H groups in total. The zero-order valence-corrected chi connectivity index (χ0v) is 8.46. The van der Waals surface area contributed by atoms with Gasteiger partial charge in [-0.05, 0) is 6.07 Å². The van der Waals surface area contributed by atoms with Gasteiger partial charge in [-0.25, -0.2) is 4.98 Å². The normalized spacial score (nSPS) is 12.5. The second-order valence-electron chi connectivity index (χ2n) is 2.64. The molecule has 1 unspecified atom stereocenters. The van der Waals surface area contributed by atoms with Crippen molar-refractivity contribution in [2.75, 3.05) is 0 Å². The number of hydrogen-bond donors (Lipinski definition) is 2. The Bertz CT molecular complexity index is 356. The van der Waals surface area contributed by atoms with Crippen LogP contribution in [0, 0.1) is 0 Å². The third kappa shape index (κ3) is 2.83. The van der Waals surface area contributed by atoms with E-state index in [-0.39, 0.29) is 15.7 Å². The number of aromatic nitrogens is 1. The van der Waals surface area contributed by atoms with Crippen LogP contribution >= 0.6 is 23.2 Å². The Balaban J connectivity index is 2.90. The van der Waals surface area contributed by atoms with Gasteiger partial charge < -0.3 is 10.2 Å². The zero-order chi connectivity index (χ0) is 10.7. The van der Waals surface area contributed by atoms with E-state index in [4.69, 9.17) is 28.3 Å². The average molecular weight is 236 g/mol. The van der Waals surface area contributed by atoms with Crippen LogP contribution in [-0.4, -0.2) is 21.2 Å². The van der Waals surface area contributed by atoms with Crippen molar-refractivity contribution in [1.29, 1.82) is 0 Å². The quantitative estimate of drug-likeness (QED) is 0.786. The molecule has 0 aromatic carbocycles. The topological polar surface area (TPSA) is 70.4 Å². The van der Waals surface area contributed by atoms with Gasteiger partial charge >= 0.3 is 5.97 Å². The average Bonchev–Trinajstić information content (AvgIpc) is 2.01. The summed E-state index contributed by atoms with van der Waals surface area (Å²) >= 11 is 11.3. The lowest BCUT2D eigenvalue weighted by Gasteiger charge is -2.09. The van der Waals surface area contributed by atoms with E-state index in [9.17, 15) is 9.90 Å². The van der Waals surface area contributed by atoms with E-state index in [2.05, 4.69) is 4.98 Å². The van der Waals surface area contributed by atoms with Crippen LogP contribution in [0.3, 0.4) is 0 Å². The molecular formula is C8H7Cl2NO3. The molecule has 0 saturated carbocycles. The summed E-state index contributed by atoms with van der Waals surface area (Å²) < 4.78 is 0. The maximum Gasteiger partial charge on any atom is 0.306 e. The van der Waals surface area contributed by atoms with Crippen molar-refractivity contribution in [3.8, 4) is 0 Å². The molecule has 0 aliphatic carbocycles. The molecule has 6 heteroatoms. The number of aliphatic hydroxyl groups excluding tert-OH is 1. The minimum Gasteiger partial charge on any atom is -0.481 e. The Morgan fingerprint density at radius 1 is 1.57 bits per heavy atom. The van der Waals surface area contributed by atoms with Gasteiger partial charge in [-0.1, -0.05) is 23.2 Å². The number of carbonyl (C=O) groups is 1. The van der Waals surface area contributed by atoms with Crippen molar-refractivity contribution in [3.63, 3.8) is 0 Å². The summed E-state index contributed by atoms with van der Waals surface area (Å²) in [5.41, 5.74) is 0.262. The monoisotopic (exact) mass is 235 g/mol. The standard InChI is InChI=1S/C8H7Cl2NO3/c9-5-1-7(10)11-3-4(5)6(12)2-8(13)14/h1,3,6,12H,2H2,(H,13,14). The molecule has 76 valence electrons. The van der Waals surface area contributed by atoms with E-state index in [0.717, 1.165) is 0 Å². The summed E-state index contributed by atoms with van der Waals surface area (Å²) in [6.45, 7) is 0. The van der Waals surface area contributed by atoms with Crippen LogP contribution in [-0.2, 0) is 4.79 Å². The third-order valence-electron chi connectivity index (χ3n) is 1.58. The first kappa shape index (κ1) is 11.2. The predicted molar refractivity (Wildman–Crippen MR) is 51.5 cm³/mol. The first-order chi connectivity index (χ1) is 6.50. The number of aliphatic carboxylic acids is 1. The van der Waals surface area contributed by atoms with Crippen LogP contribution in [0.1, 0.15) is 18.1 Å². The first-order valence-corrected chi connectivity index (χ1v) is 4.47. The van der Waals surface area contributed by atoms with Crippen LogP contribution in [0.15, 0.2) is 12.3 Å². The van der Waals surface area contributed by atoms with Gasteiger partial charge in [0.2, 0.25) is 0 Å². The van der Waals surface area contributed by atoms with Gasteiger partial charge in [-0.2, -0.15) is 0 Å². The number of hydrogen-bond acceptors (Lipinski definition) is 3. The summed E-state index contributed by atoms with van der Waals surface area (Å²) in [7, 11) is 0. The molecule has 0 fully saturated rings. The third-order valence-corrected chi connectivity index (χ3v) is 2.11. The Labute approximate surface area is 90.1 Å². The number of rotatable bonds is 3. The maximum atomic E-state index is 10.3. The maximum absolute atomic E-state index is 10.3. The molecule has 4 nitrogen and oxygen atoms in total. The fraction of sp³-hybridized carbons (Fsp3) is 0.250. The minimum absolute atomic E-state index is 0.196. The van der Waals surface area contributed by atoms with Gasteiger partial charge in [0.15, 0.2) is 0 Å². The Morgan fingerprint density at radius 3 is 2.71 bits per heavy atom. The van der Waals surface area contributed by atoms with Crippen molar-refractivity contribution >= 4 is 29.2 Å². The molecule has 0 spiro atoms. The number of aliphatic hydroxyl groups is 1. The molecule has 1 rings (SSSR count). The van der Waals surface area contributed by atoms with Gasteiger partial charge in [0, 0.05) is 11.8 Å². The minimum atomic E-state index is -1.16. The van der Waals surface area contributed by atoms with Crippen LogP contribution in [0.5, 0.6) is 0 Å². The highest BCUT2D eigenvalue weighted by molar-refractivity contribution is 6.34. The van der Waals surface area contributed by atoms with Gasteiger partial charge in [0.05, 0.1) is 17.5 Å².